The van der Waals surface area contributed by atoms with Gasteiger partial charge in [-0.2, -0.15) is 0 Å². The first-order valence-electron chi connectivity index (χ1n) is 12.3. The Bertz CT molecular complexity index is 1060. The summed E-state index contributed by atoms with van der Waals surface area (Å²) in [5, 5.41) is 0. The van der Waals surface area contributed by atoms with E-state index >= 15 is 0 Å². The van der Waals surface area contributed by atoms with Crippen LogP contribution in [-0.2, 0) is 27.1 Å². The van der Waals surface area contributed by atoms with Crippen molar-refractivity contribution in [1.29, 1.82) is 0 Å². The molecule has 0 bridgehead atoms. The maximum absolute atomic E-state index is 12.6. The molecule has 1 fully saturated rings. The molecule has 1 aromatic heterocycles. The average Bonchev–Trinajstić information content (AvgIpc) is 2.82. The number of aromatic nitrogens is 1. The van der Waals surface area contributed by atoms with Crippen molar-refractivity contribution in [1.82, 2.24) is 4.98 Å². The van der Waals surface area contributed by atoms with Crippen molar-refractivity contribution in [2.75, 3.05) is 19.8 Å². The number of ether oxygens (including phenoxy) is 3. The normalized spacial score (nSPS) is 16.5. The summed E-state index contributed by atoms with van der Waals surface area (Å²) in [7, 11) is 0. The molecule has 6 heteroatoms. The first-order valence-corrected chi connectivity index (χ1v) is 13.1. The zero-order chi connectivity index (χ0) is 24.1. The fraction of sp³-hybridized carbons (Fsp3) is 0.500. The minimum Gasteiger partial charge on any atom is -0.493 e. The summed E-state index contributed by atoms with van der Waals surface area (Å²) in [5.41, 5.74) is 5.90. The minimum absolute atomic E-state index is 0.152. The van der Waals surface area contributed by atoms with E-state index in [1.165, 1.54) is 5.56 Å². The van der Waals surface area contributed by atoms with Crippen LogP contribution >= 0.6 is 15.9 Å². The number of halogens is 1. The molecule has 5 nitrogen and oxygen atoms in total. The second-order valence-corrected chi connectivity index (χ2v) is 10.2. The summed E-state index contributed by atoms with van der Waals surface area (Å²) in [5.74, 6) is 1.38. The van der Waals surface area contributed by atoms with Gasteiger partial charge in [0.1, 0.15) is 5.75 Å². The SMILES string of the molecule is Cc1nc(/C=C/CC2CCOCC2)c(Br)c(-c2ccc3c(c2)CCCO3)c1CC(=O)OC(C)C. The van der Waals surface area contributed by atoms with Gasteiger partial charge in [0, 0.05) is 24.5 Å². The molecule has 1 aromatic carbocycles. The van der Waals surface area contributed by atoms with Crippen LogP contribution in [0.3, 0.4) is 0 Å². The number of rotatable bonds is 7. The van der Waals surface area contributed by atoms with Crippen LogP contribution in [0.2, 0.25) is 0 Å². The molecule has 0 unspecified atom stereocenters. The second kappa shape index (κ2) is 11.5. The molecule has 2 aliphatic rings. The molecule has 0 spiro atoms. The largest absolute Gasteiger partial charge is 0.493 e. The molecule has 182 valence electrons. The van der Waals surface area contributed by atoms with Crippen LogP contribution in [0.25, 0.3) is 17.2 Å². The lowest BCUT2D eigenvalue weighted by molar-refractivity contribution is -0.146. The van der Waals surface area contributed by atoms with Gasteiger partial charge in [-0.05, 0) is 110 Å². The predicted octanol–water partition coefficient (Wildman–Crippen LogP) is 6.47. The third-order valence-electron chi connectivity index (χ3n) is 6.44. The number of benzene rings is 1. The topological polar surface area (TPSA) is 57.7 Å². The van der Waals surface area contributed by atoms with Gasteiger partial charge >= 0.3 is 5.97 Å². The molecule has 2 aromatic rings. The van der Waals surface area contributed by atoms with Crippen LogP contribution in [0.15, 0.2) is 28.7 Å². The Labute approximate surface area is 211 Å². The third kappa shape index (κ3) is 6.08. The van der Waals surface area contributed by atoms with E-state index in [9.17, 15) is 4.79 Å². The molecule has 3 heterocycles. The first kappa shape index (κ1) is 24.9. The Morgan fingerprint density at radius 3 is 2.82 bits per heavy atom. The van der Waals surface area contributed by atoms with Crippen molar-refractivity contribution in [2.24, 2.45) is 5.92 Å². The third-order valence-corrected chi connectivity index (χ3v) is 7.25. The maximum Gasteiger partial charge on any atom is 0.310 e. The molecule has 1 saturated heterocycles. The Morgan fingerprint density at radius 2 is 2.06 bits per heavy atom. The van der Waals surface area contributed by atoms with Crippen LogP contribution in [-0.4, -0.2) is 36.9 Å². The lowest BCUT2D eigenvalue weighted by atomic mass is 9.93. The Kier molecular flexibility index (Phi) is 8.43. The van der Waals surface area contributed by atoms with E-state index in [4.69, 9.17) is 19.2 Å². The summed E-state index contributed by atoms with van der Waals surface area (Å²) in [4.78, 5) is 17.5. The van der Waals surface area contributed by atoms with Gasteiger partial charge in [0.15, 0.2) is 0 Å². The van der Waals surface area contributed by atoms with Crippen LogP contribution in [0.1, 0.15) is 62.0 Å². The van der Waals surface area contributed by atoms with Gasteiger partial charge < -0.3 is 14.2 Å². The van der Waals surface area contributed by atoms with Crippen LogP contribution in [0.5, 0.6) is 5.75 Å². The van der Waals surface area contributed by atoms with Gasteiger partial charge in [-0.25, -0.2) is 0 Å². The van der Waals surface area contributed by atoms with E-state index in [0.717, 1.165) is 90.2 Å². The van der Waals surface area contributed by atoms with Crippen molar-refractivity contribution in [3.63, 3.8) is 0 Å². The molecule has 0 saturated carbocycles. The molecule has 0 radical (unpaired) electrons. The summed E-state index contributed by atoms with van der Waals surface area (Å²) in [6.45, 7) is 8.19. The van der Waals surface area contributed by atoms with Gasteiger partial charge in [-0.15, -0.1) is 0 Å². The standard InChI is InChI=1S/C28H34BrNO4/c1-18(2)34-26(31)17-23-19(3)30-24(8-4-6-20-11-14-32-15-12-20)28(29)27(23)22-9-10-25-21(16-22)7-5-13-33-25/h4,8-10,16,18,20H,5-7,11-15,17H2,1-3H3/b8-4+. The molecular formula is C28H34BrNO4. The van der Waals surface area contributed by atoms with E-state index in [1.807, 2.05) is 26.8 Å². The van der Waals surface area contributed by atoms with Gasteiger partial charge in [-0.1, -0.05) is 12.1 Å². The van der Waals surface area contributed by atoms with Gasteiger partial charge in [0.2, 0.25) is 0 Å². The maximum atomic E-state index is 12.6. The Hall–Kier alpha value is -2.18. The molecule has 0 atom stereocenters. The van der Waals surface area contributed by atoms with E-state index < -0.39 is 0 Å². The van der Waals surface area contributed by atoms with Gasteiger partial charge in [0.05, 0.1) is 29.3 Å². The number of hydrogen-bond donors (Lipinski definition) is 0. The van der Waals surface area contributed by atoms with Crippen LogP contribution in [0.4, 0.5) is 0 Å². The first-order chi connectivity index (χ1) is 16.4. The number of carbonyl (C=O) groups is 1. The molecule has 2 aliphatic heterocycles. The number of carbonyl (C=O) groups excluding carboxylic acids is 1. The molecule has 4 rings (SSSR count). The number of pyridine rings is 1. The number of allylic oxidation sites excluding steroid dienone is 1. The Balaban J connectivity index is 1.71. The number of aryl methyl sites for hydroxylation is 2. The number of hydrogen-bond acceptors (Lipinski definition) is 5. The van der Waals surface area contributed by atoms with E-state index in [1.54, 1.807) is 0 Å². The van der Waals surface area contributed by atoms with Crippen molar-refractivity contribution in [2.45, 2.75) is 65.4 Å². The smallest absolute Gasteiger partial charge is 0.310 e. The fourth-order valence-electron chi connectivity index (χ4n) is 4.69. The summed E-state index contributed by atoms with van der Waals surface area (Å²) >= 11 is 3.85. The number of nitrogens with zero attached hydrogens (tertiary/aromatic N) is 1. The lowest BCUT2D eigenvalue weighted by Gasteiger charge is -2.21. The predicted molar refractivity (Wildman–Crippen MR) is 138 cm³/mol. The minimum atomic E-state index is -0.239. The highest BCUT2D eigenvalue weighted by molar-refractivity contribution is 9.10. The monoisotopic (exact) mass is 527 g/mol. The highest BCUT2D eigenvalue weighted by atomic mass is 79.9. The second-order valence-electron chi connectivity index (χ2n) is 9.43. The fourth-order valence-corrected chi connectivity index (χ4v) is 5.37. The zero-order valence-corrected chi connectivity index (χ0v) is 21.9. The molecule has 0 amide bonds. The summed E-state index contributed by atoms with van der Waals surface area (Å²) in [6, 6.07) is 6.32. The number of esters is 1. The highest BCUT2D eigenvalue weighted by Gasteiger charge is 2.22. The van der Waals surface area contributed by atoms with E-state index in [2.05, 4.69) is 40.2 Å². The van der Waals surface area contributed by atoms with Gasteiger partial charge in [0.25, 0.3) is 0 Å². The van der Waals surface area contributed by atoms with Crippen molar-refractivity contribution >= 4 is 28.0 Å². The average molecular weight is 528 g/mol. The van der Waals surface area contributed by atoms with E-state index in [0.29, 0.717) is 5.92 Å². The van der Waals surface area contributed by atoms with Crippen molar-refractivity contribution in [3.8, 4) is 16.9 Å². The van der Waals surface area contributed by atoms with E-state index in [-0.39, 0.29) is 18.5 Å². The molecular weight excluding hydrogens is 494 g/mol. The van der Waals surface area contributed by atoms with Crippen LogP contribution < -0.4 is 4.74 Å². The number of fused-ring (bicyclic) bond motifs is 1. The summed E-state index contributed by atoms with van der Waals surface area (Å²) in [6.07, 6.45) is 9.60. The molecule has 0 N–H and O–H groups in total. The van der Waals surface area contributed by atoms with Crippen molar-refractivity contribution < 1.29 is 19.0 Å². The van der Waals surface area contributed by atoms with Crippen molar-refractivity contribution in [3.05, 3.63) is 51.3 Å². The van der Waals surface area contributed by atoms with Crippen LogP contribution in [0, 0.1) is 12.8 Å². The highest BCUT2D eigenvalue weighted by Crippen LogP contribution is 2.39. The molecule has 0 aliphatic carbocycles. The molecule has 34 heavy (non-hydrogen) atoms. The van der Waals surface area contributed by atoms with Gasteiger partial charge in [-0.3, -0.25) is 9.78 Å². The lowest BCUT2D eigenvalue weighted by Crippen LogP contribution is -2.16. The zero-order valence-electron chi connectivity index (χ0n) is 20.4. The summed E-state index contributed by atoms with van der Waals surface area (Å²) < 4.78 is 17.7. The Morgan fingerprint density at radius 1 is 1.26 bits per heavy atom. The quantitative estimate of drug-likeness (QED) is 0.386.